The van der Waals surface area contributed by atoms with Gasteiger partial charge in [0.15, 0.2) is 5.78 Å². The summed E-state index contributed by atoms with van der Waals surface area (Å²) in [6, 6.07) is 7.74. The van der Waals surface area contributed by atoms with E-state index in [-0.39, 0.29) is 12.4 Å². The van der Waals surface area contributed by atoms with E-state index in [9.17, 15) is 4.79 Å². The van der Waals surface area contributed by atoms with Gasteiger partial charge in [0.25, 0.3) is 0 Å². The predicted octanol–water partition coefficient (Wildman–Crippen LogP) is 1.72. The molecule has 0 heterocycles. The van der Waals surface area contributed by atoms with Crippen molar-refractivity contribution in [1.29, 1.82) is 0 Å². The average Bonchev–Trinajstić information content (AvgIpc) is 2.37. The third kappa shape index (κ3) is 3.33. The lowest BCUT2D eigenvalue weighted by Crippen LogP contribution is -2.44. The second kappa shape index (κ2) is 6.68. The molecule has 0 atom stereocenters. The van der Waals surface area contributed by atoms with Crippen LogP contribution in [0.15, 0.2) is 24.3 Å². The maximum absolute atomic E-state index is 12.4. The quantitative estimate of drug-likeness (QED) is 0.761. The molecule has 0 aromatic heterocycles. The Morgan fingerprint density at radius 2 is 2.16 bits per heavy atom. The molecule has 0 spiro atoms. The first-order valence-corrected chi connectivity index (χ1v) is 6.77. The fourth-order valence-electron chi connectivity index (χ4n) is 2.42. The molecule has 4 nitrogen and oxygen atoms in total. The smallest absolute Gasteiger partial charge is 0.180 e. The molecule has 1 fully saturated rings. The maximum Gasteiger partial charge on any atom is 0.180 e. The minimum Gasteiger partial charge on any atom is -0.496 e. The summed E-state index contributed by atoms with van der Waals surface area (Å²) in [7, 11) is 1.57. The van der Waals surface area contributed by atoms with Crippen LogP contribution >= 0.6 is 0 Å². The van der Waals surface area contributed by atoms with E-state index in [1.165, 1.54) is 6.42 Å². The van der Waals surface area contributed by atoms with Crippen molar-refractivity contribution in [2.24, 2.45) is 0 Å². The van der Waals surface area contributed by atoms with Gasteiger partial charge in [-0.2, -0.15) is 0 Å². The first-order chi connectivity index (χ1) is 9.26. The summed E-state index contributed by atoms with van der Waals surface area (Å²) < 4.78 is 5.22. The van der Waals surface area contributed by atoms with Gasteiger partial charge < -0.3 is 9.84 Å². The van der Waals surface area contributed by atoms with Crippen LogP contribution in [0.1, 0.15) is 29.6 Å². The summed E-state index contributed by atoms with van der Waals surface area (Å²) in [5.41, 5.74) is 0.618. The minimum atomic E-state index is 0.0535. The van der Waals surface area contributed by atoms with E-state index in [2.05, 4.69) is 4.90 Å². The largest absolute Gasteiger partial charge is 0.496 e. The summed E-state index contributed by atoms with van der Waals surface area (Å²) in [4.78, 5) is 14.4. The fourth-order valence-corrected chi connectivity index (χ4v) is 2.42. The number of ether oxygens (including phenoxy) is 1. The third-order valence-corrected chi connectivity index (χ3v) is 3.73. The van der Waals surface area contributed by atoms with Crippen LogP contribution in [-0.4, -0.2) is 48.6 Å². The number of hydrogen-bond donors (Lipinski definition) is 1. The fraction of sp³-hybridized carbons (Fsp3) is 0.533. The molecule has 1 aromatic rings. The number of hydrogen-bond acceptors (Lipinski definition) is 4. The van der Waals surface area contributed by atoms with Crippen molar-refractivity contribution in [3.63, 3.8) is 0 Å². The number of benzene rings is 1. The molecule has 1 aliphatic carbocycles. The van der Waals surface area contributed by atoms with Gasteiger partial charge in [-0.05, 0) is 25.0 Å². The SMILES string of the molecule is COc1ccccc1C(=O)CN(CCO)C1CCC1. The summed E-state index contributed by atoms with van der Waals surface area (Å²) in [6.07, 6.45) is 3.47. The molecule has 104 valence electrons. The Morgan fingerprint density at radius 3 is 2.74 bits per heavy atom. The lowest BCUT2D eigenvalue weighted by atomic mass is 9.91. The summed E-state index contributed by atoms with van der Waals surface area (Å²) >= 11 is 0. The number of carbonyl (C=O) groups excluding carboxylic acids is 1. The number of Topliss-reactive ketones (excluding diaryl/α,β-unsaturated/α-hetero) is 1. The molecule has 2 rings (SSSR count). The molecule has 0 radical (unpaired) electrons. The summed E-state index contributed by atoms with van der Waals surface area (Å²) in [5.74, 6) is 0.669. The zero-order chi connectivity index (χ0) is 13.7. The Balaban J connectivity index is 2.05. The van der Waals surface area contributed by atoms with E-state index in [0.717, 1.165) is 12.8 Å². The molecule has 1 aliphatic rings. The molecular weight excluding hydrogens is 242 g/mol. The Hall–Kier alpha value is -1.39. The number of ketones is 1. The first kappa shape index (κ1) is 14.0. The second-order valence-electron chi connectivity index (χ2n) is 4.90. The summed E-state index contributed by atoms with van der Waals surface area (Å²) in [6.45, 7) is 1.01. The van der Waals surface area contributed by atoms with Gasteiger partial charge in [0, 0.05) is 12.6 Å². The van der Waals surface area contributed by atoms with E-state index in [1.807, 2.05) is 12.1 Å². The van der Waals surface area contributed by atoms with Crippen molar-refractivity contribution >= 4 is 5.78 Å². The number of nitrogens with zero attached hydrogens (tertiary/aromatic N) is 1. The van der Waals surface area contributed by atoms with Gasteiger partial charge in [-0.15, -0.1) is 0 Å². The number of aliphatic hydroxyl groups excluding tert-OH is 1. The first-order valence-electron chi connectivity index (χ1n) is 6.77. The van der Waals surface area contributed by atoms with E-state index in [4.69, 9.17) is 9.84 Å². The van der Waals surface area contributed by atoms with Crippen LogP contribution in [0.4, 0.5) is 0 Å². The molecule has 1 N–H and O–H groups in total. The molecule has 0 aliphatic heterocycles. The molecular formula is C15H21NO3. The van der Waals surface area contributed by atoms with Gasteiger partial charge >= 0.3 is 0 Å². The topological polar surface area (TPSA) is 49.8 Å². The minimum absolute atomic E-state index is 0.0535. The Kier molecular flexibility index (Phi) is 4.93. The third-order valence-electron chi connectivity index (χ3n) is 3.73. The van der Waals surface area contributed by atoms with E-state index in [0.29, 0.717) is 30.4 Å². The zero-order valence-electron chi connectivity index (χ0n) is 11.3. The standard InChI is InChI=1S/C15H21NO3/c1-19-15-8-3-2-7-13(15)14(18)11-16(9-10-17)12-5-4-6-12/h2-3,7-8,12,17H,4-6,9-11H2,1H3. The van der Waals surface area contributed by atoms with Gasteiger partial charge in [0.1, 0.15) is 5.75 Å². The Bertz CT molecular complexity index is 429. The van der Waals surface area contributed by atoms with Crippen molar-refractivity contribution in [2.45, 2.75) is 25.3 Å². The van der Waals surface area contributed by atoms with Crippen LogP contribution in [0, 0.1) is 0 Å². The van der Waals surface area contributed by atoms with E-state index in [1.54, 1.807) is 19.2 Å². The maximum atomic E-state index is 12.4. The predicted molar refractivity (Wildman–Crippen MR) is 73.6 cm³/mol. The number of aliphatic hydroxyl groups is 1. The second-order valence-corrected chi connectivity index (χ2v) is 4.90. The molecule has 0 unspecified atom stereocenters. The van der Waals surface area contributed by atoms with Gasteiger partial charge in [0.2, 0.25) is 0 Å². The van der Waals surface area contributed by atoms with Crippen LogP contribution in [-0.2, 0) is 0 Å². The van der Waals surface area contributed by atoms with Crippen LogP contribution in [0.3, 0.4) is 0 Å². The highest BCUT2D eigenvalue weighted by Crippen LogP contribution is 2.25. The Morgan fingerprint density at radius 1 is 1.42 bits per heavy atom. The van der Waals surface area contributed by atoms with Crippen molar-refractivity contribution in [2.75, 3.05) is 26.8 Å². The van der Waals surface area contributed by atoms with Gasteiger partial charge in [-0.25, -0.2) is 0 Å². The molecule has 1 saturated carbocycles. The van der Waals surface area contributed by atoms with Crippen LogP contribution in [0.2, 0.25) is 0 Å². The van der Waals surface area contributed by atoms with Gasteiger partial charge in [-0.3, -0.25) is 9.69 Å². The van der Waals surface area contributed by atoms with E-state index >= 15 is 0 Å². The van der Waals surface area contributed by atoms with Crippen molar-refractivity contribution < 1.29 is 14.6 Å². The zero-order valence-corrected chi connectivity index (χ0v) is 11.3. The summed E-state index contributed by atoms with van der Waals surface area (Å²) in [5, 5.41) is 9.11. The van der Waals surface area contributed by atoms with Crippen molar-refractivity contribution in [1.82, 2.24) is 4.90 Å². The number of methoxy groups -OCH3 is 1. The van der Waals surface area contributed by atoms with Crippen LogP contribution < -0.4 is 4.74 Å². The van der Waals surface area contributed by atoms with E-state index < -0.39 is 0 Å². The van der Waals surface area contributed by atoms with Gasteiger partial charge in [0.05, 0.1) is 25.8 Å². The average molecular weight is 263 g/mol. The van der Waals surface area contributed by atoms with Crippen molar-refractivity contribution in [3.8, 4) is 5.75 Å². The molecule has 19 heavy (non-hydrogen) atoms. The number of para-hydroxylation sites is 1. The molecule has 0 amide bonds. The highest BCUT2D eigenvalue weighted by Gasteiger charge is 2.26. The van der Waals surface area contributed by atoms with Crippen LogP contribution in [0.5, 0.6) is 5.75 Å². The lowest BCUT2D eigenvalue weighted by molar-refractivity contribution is 0.0745. The Labute approximate surface area is 114 Å². The normalized spacial score (nSPS) is 15.3. The van der Waals surface area contributed by atoms with Crippen LogP contribution in [0.25, 0.3) is 0 Å². The number of carbonyl (C=O) groups is 1. The molecule has 0 saturated heterocycles. The highest BCUT2D eigenvalue weighted by atomic mass is 16.5. The van der Waals surface area contributed by atoms with Gasteiger partial charge in [-0.1, -0.05) is 18.6 Å². The molecule has 1 aromatic carbocycles. The monoisotopic (exact) mass is 263 g/mol. The number of rotatable bonds is 7. The lowest BCUT2D eigenvalue weighted by Gasteiger charge is -2.36. The van der Waals surface area contributed by atoms with Crippen molar-refractivity contribution in [3.05, 3.63) is 29.8 Å². The molecule has 0 bridgehead atoms. The highest BCUT2D eigenvalue weighted by molar-refractivity contribution is 6.00. The molecule has 4 heteroatoms.